The van der Waals surface area contributed by atoms with Crippen molar-refractivity contribution in [1.29, 1.82) is 5.26 Å². The molecule has 0 radical (unpaired) electrons. The quantitative estimate of drug-likeness (QED) is 0.362. The zero-order chi connectivity index (χ0) is 31.0. The number of amides is 1. The highest BCUT2D eigenvalue weighted by molar-refractivity contribution is 5.86. The molecule has 10 nitrogen and oxygen atoms in total. The molecule has 2 unspecified atom stereocenters. The minimum absolute atomic E-state index is 0.0296. The maximum Gasteiger partial charge on any atom is 0.306 e. The summed E-state index contributed by atoms with van der Waals surface area (Å²) in [6.07, 6.45) is 6.73. The van der Waals surface area contributed by atoms with E-state index in [1.165, 1.54) is 11.3 Å². The first-order chi connectivity index (χ1) is 21.3. The molecule has 2 aliphatic heterocycles. The molecule has 234 valence electrons. The van der Waals surface area contributed by atoms with Crippen LogP contribution < -0.4 is 9.47 Å². The van der Waals surface area contributed by atoms with Gasteiger partial charge in [-0.25, -0.2) is 9.97 Å². The van der Waals surface area contributed by atoms with Gasteiger partial charge >= 0.3 is 5.97 Å². The Hall–Kier alpha value is -3.74. The first kappa shape index (κ1) is 30.3. The molecule has 0 N–H and O–H groups in total. The monoisotopic (exact) mass is 602 g/mol. The number of aromatic nitrogens is 2. The number of nitriles is 1. The molecular formula is C34H42N4O6. The maximum atomic E-state index is 14.1. The van der Waals surface area contributed by atoms with Gasteiger partial charge < -0.3 is 23.9 Å². The number of carbonyl (C=O) groups is 3. The van der Waals surface area contributed by atoms with Crippen LogP contribution >= 0.6 is 0 Å². The highest BCUT2D eigenvalue weighted by Crippen LogP contribution is 2.57. The summed E-state index contributed by atoms with van der Waals surface area (Å²) in [7, 11) is 1.59. The molecule has 6 rings (SSSR count). The van der Waals surface area contributed by atoms with Crippen LogP contribution in [-0.4, -0.2) is 64.9 Å². The van der Waals surface area contributed by atoms with Gasteiger partial charge in [-0.05, 0) is 67.9 Å². The van der Waals surface area contributed by atoms with E-state index in [0.29, 0.717) is 41.3 Å². The second-order valence-corrected chi connectivity index (χ2v) is 13.4. The van der Waals surface area contributed by atoms with Crippen molar-refractivity contribution in [2.75, 3.05) is 13.7 Å². The van der Waals surface area contributed by atoms with Crippen molar-refractivity contribution < 1.29 is 28.6 Å². The van der Waals surface area contributed by atoms with Gasteiger partial charge in [0.25, 0.3) is 0 Å². The molecular weight excluding hydrogens is 560 g/mol. The predicted molar refractivity (Wildman–Crippen MR) is 160 cm³/mol. The summed E-state index contributed by atoms with van der Waals surface area (Å²) in [5.41, 5.74) is 2.07. The molecule has 1 aromatic heterocycles. The summed E-state index contributed by atoms with van der Waals surface area (Å²) in [5.74, 6) is 0.679. The van der Waals surface area contributed by atoms with E-state index in [-0.39, 0.29) is 43.3 Å². The van der Waals surface area contributed by atoms with Gasteiger partial charge in [0.15, 0.2) is 0 Å². The topological polar surface area (TPSA) is 132 Å². The van der Waals surface area contributed by atoms with Gasteiger partial charge in [0.05, 0.1) is 49.1 Å². The van der Waals surface area contributed by atoms with Crippen LogP contribution in [0.25, 0.3) is 11.0 Å². The Bertz CT molecular complexity index is 1460. The van der Waals surface area contributed by atoms with Crippen molar-refractivity contribution in [2.45, 2.75) is 89.9 Å². The summed E-state index contributed by atoms with van der Waals surface area (Å²) < 4.78 is 18.0. The van der Waals surface area contributed by atoms with Gasteiger partial charge in [0.1, 0.15) is 29.9 Å². The molecule has 3 fully saturated rings. The van der Waals surface area contributed by atoms with E-state index < -0.39 is 24.0 Å². The third-order valence-corrected chi connectivity index (χ3v) is 10.4. The lowest BCUT2D eigenvalue weighted by Gasteiger charge is -2.29. The van der Waals surface area contributed by atoms with Gasteiger partial charge in [-0.1, -0.05) is 26.7 Å². The van der Waals surface area contributed by atoms with Crippen molar-refractivity contribution in [2.24, 2.45) is 35.5 Å². The molecule has 2 saturated carbocycles. The lowest BCUT2D eigenvalue weighted by molar-refractivity contribution is -0.157. The van der Waals surface area contributed by atoms with E-state index in [1.54, 1.807) is 13.2 Å². The Morgan fingerprint density at radius 1 is 1.09 bits per heavy atom. The second kappa shape index (κ2) is 12.7. The molecule has 2 bridgehead atoms. The van der Waals surface area contributed by atoms with Crippen LogP contribution in [0.3, 0.4) is 0 Å². The average molecular weight is 603 g/mol. The van der Waals surface area contributed by atoms with Crippen LogP contribution in [0.15, 0.2) is 18.2 Å². The molecule has 0 spiro atoms. The predicted octanol–water partition coefficient (Wildman–Crippen LogP) is 4.67. The highest BCUT2D eigenvalue weighted by atomic mass is 16.5. The molecule has 1 aromatic carbocycles. The van der Waals surface area contributed by atoms with Gasteiger partial charge in [0.2, 0.25) is 11.8 Å². The Balaban J connectivity index is 1.36. The van der Waals surface area contributed by atoms with E-state index in [2.05, 4.69) is 6.07 Å². The van der Waals surface area contributed by atoms with Crippen molar-refractivity contribution in [1.82, 2.24) is 14.9 Å². The lowest BCUT2D eigenvalue weighted by Crippen LogP contribution is -2.44. The summed E-state index contributed by atoms with van der Waals surface area (Å²) in [4.78, 5) is 51.1. The number of esters is 1. The Morgan fingerprint density at radius 2 is 1.93 bits per heavy atom. The number of benzene rings is 1. The normalized spacial score (nSPS) is 32.4. The number of ether oxygens (including phenoxy) is 3. The number of fused-ring (bicyclic) bond motifs is 7. The van der Waals surface area contributed by atoms with E-state index in [0.717, 1.165) is 49.6 Å². The molecule has 1 amide bonds. The van der Waals surface area contributed by atoms with Crippen molar-refractivity contribution >= 4 is 29.2 Å². The Morgan fingerprint density at radius 3 is 2.68 bits per heavy atom. The number of nitrogens with zero attached hydrogens (tertiary/aromatic N) is 4. The Kier molecular flexibility index (Phi) is 8.75. The number of aryl methyl sites for hydroxylation is 1. The lowest BCUT2D eigenvalue weighted by atomic mass is 9.90. The molecule has 2 aliphatic carbocycles. The molecule has 8 atom stereocenters. The maximum absolute atomic E-state index is 14.1. The molecule has 1 saturated heterocycles. The minimum atomic E-state index is -0.852. The first-order valence-corrected chi connectivity index (χ1v) is 16.1. The van der Waals surface area contributed by atoms with Crippen LogP contribution in [0.2, 0.25) is 0 Å². The van der Waals surface area contributed by atoms with Crippen molar-refractivity contribution in [3.63, 3.8) is 0 Å². The van der Waals surface area contributed by atoms with Crippen LogP contribution in [0, 0.1) is 46.8 Å². The van der Waals surface area contributed by atoms with Crippen LogP contribution in [-0.2, 0) is 25.5 Å². The van der Waals surface area contributed by atoms with Crippen LogP contribution in [0.5, 0.6) is 11.6 Å². The molecule has 2 aromatic rings. The molecule has 3 heterocycles. The van der Waals surface area contributed by atoms with Gasteiger partial charge in [-0.2, -0.15) is 5.26 Å². The third kappa shape index (κ3) is 5.98. The zero-order valence-electron chi connectivity index (χ0n) is 25.8. The van der Waals surface area contributed by atoms with E-state index >= 15 is 0 Å². The number of rotatable bonds is 4. The molecule has 10 heteroatoms. The summed E-state index contributed by atoms with van der Waals surface area (Å²) >= 11 is 0. The van der Waals surface area contributed by atoms with Gasteiger partial charge in [-0.3, -0.25) is 9.59 Å². The number of aldehydes is 1. The summed E-state index contributed by atoms with van der Waals surface area (Å²) in [6, 6.07) is 6.87. The highest BCUT2D eigenvalue weighted by Gasteiger charge is 2.54. The number of hydrogen-bond donors (Lipinski definition) is 0. The summed E-state index contributed by atoms with van der Waals surface area (Å²) in [5, 5.41) is 9.70. The van der Waals surface area contributed by atoms with Crippen LogP contribution in [0.1, 0.15) is 70.9 Å². The minimum Gasteiger partial charge on any atom is -0.497 e. The van der Waals surface area contributed by atoms with Crippen molar-refractivity contribution in [3.8, 4) is 17.7 Å². The van der Waals surface area contributed by atoms with Gasteiger partial charge in [-0.15, -0.1) is 0 Å². The molecule has 4 aliphatic rings. The van der Waals surface area contributed by atoms with E-state index in [4.69, 9.17) is 24.2 Å². The average Bonchev–Trinajstić information content (AvgIpc) is 3.57. The summed E-state index contributed by atoms with van der Waals surface area (Å²) in [6.45, 7) is 3.93. The first-order valence-electron chi connectivity index (χ1n) is 16.1. The Labute approximate surface area is 258 Å². The fourth-order valence-corrected chi connectivity index (χ4v) is 7.80. The van der Waals surface area contributed by atoms with E-state index in [9.17, 15) is 19.6 Å². The smallest absolute Gasteiger partial charge is 0.306 e. The third-order valence-electron chi connectivity index (χ3n) is 10.4. The fraction of sp³-hybridized carbons (Fsp3) is 0.647. The number of carbonyl (C=O) groups excluding carboxylic acids is 3. The fourth-order valence-electron chi connectivity index (χ4n) is 7.80. The zero-order valence-corrected chi connectivity index (χ0v) is 25.8. The SMILES string of the molecule is COc1ccc2nc3c(nc2c1)O[C@H]1CN(C(=O)[C@H](C(C)C)CC(=O)O[C@@H]2CC4CC4[C@H]2CCCCC3)[C@H](C=O)[C@@H]1CC#N. The number of hydrogen-bond acceptors (Lipinski definition) is 9. The van der Waals surface area contributed by atoms with Crippen molar-refractivity contribution in [3.05, 3.63) is 23.9 Å². The second-order valence-electron chi connectivity index (χ2n) is 13.4. The van der Waals surface area contributed by atoms with Gasteiger partial charge in [0, 0.05) is 18.4 Å². The van der Waals surface area contributed by atoms with E-state index in [1.807, 2.05) is 26.0 Å². The largest absolute Gasteiger partial charge is 0.497 e. The number of methoxy groups -OCH3 is 1. The standard InChI is InChI=1S/C34H42N4O6/c1-19(2)24-16-32(40)43-30-14-20-13-25(20)22(30)7-5-4-6-8-27-33(37-28-15-21(42-3)9-10-26(28)36-27)44-31-17-38(34(24)41)29(18-39)23(31)11-12-35/h9-10,15,18-20,22-25,29-31H,4-8,11,13-14,16-17H2,1-3H3/t20?,22-,23+,24+,25?,29-,30-,31+/m1/s1. The van der Waals surface area contributed by atoms with Crippen LogP contribution in [0.4, 0.5) is 0 Å². The molecule has 44 heavy (non-hydrogen) atoms.